The van der Waals surface area contributed by atoms with Crippen molar-refractivity contribution in [1.82, 2.24) is 9.88 Å². The van der Waals surface area contributed by atoms with Crippen molar-refractivity contribution < 1.29 is 35.9 Å². The van der Waals surface area contributed by atoms with Gasteiger partial charge in [-0.3, -0.25) is 4.90 Å². The molecule has 0 aliphatic carbocycles. The first-order valence-electron chi connectivity index (χ1n) is 8.28. The first-order chi connectivity index (χ1) is 12.9. The number of halogens is 6. The van der Waals surface area contributed by atoms with E-state index in [4.69, 9.17) is 4.74 Å². The van der Waals surface area contributed by atoms with Crippen molar-refractivity contribution in [2.45, 2.75) is 44.9 Å². The smallest absolute Gasteiger partial charge is 0.418 e. The van der Waals surface area contributed by atoms with Gasteiger partial charge in [-0.1, -0.05) is 12.1 Å². The average molecular weight is 406 g/mol. The zero-order chi connectivity index (χ0) is 20.9. The minimum absolute atomic E-state index is 0.179. The lowest BCUT2D eigenvalue weighted by Crippen LogP contribution is -2.32. The predicted molar refractivity (Wildman–Crippen MR) is 86.2 cm³/mol. The van der Waals surface area contributed by atoms with Gasteiger partial charge in [-0.2, -0.15) is 26.3 Å². The third kappa shape index (κ3) is 3.81. The predicted octanol–water partition coefficient (Wildman–Crippen LogP) is 5.44. The van der Waals surface area contributed by atoms with Crippen molar-refractivity contribution in [3.8, 4) is 0 Å². The van der Waals surface area contributed by atoms with E-state index < -0.39 is 41.7 Å². The van der Waals surface area contributed by atoms with Crippen molar-refractivity contribution in [3.63, 3.8) is 0 Å². The van der Waals surface area contributed by atoms with Crippen LogP contribution < -0.4 is 0 Å². The second-order valence-corrected chi connectivity index (χ2v) is 6.63. The molecule has 0 bridgehead atoms. The number of hydrogen-bond donors (Lipinski definition) is 1. The second kappa shape index (κ2) is 6.75. The number of aromatic nitrogens is 1. The number of hydrogen-bond acceptors (Lipinski definition) is 2. The van der Waals surface area contributed by atoms with Gasteiger partial charge in [-0.25, -0.2) is 4.79 Å². The van der Waals surface area contributed by atoms with Crippen LogP contribution in [0.15, 0.2) is 30.3 Å². The van der Waals surface area contributed by atoms with Crippen LogP contribution in [0.5, 0.6) is 0 Å². The molecule has 2 aromatic rings. The van der Waals surface area contributed by atoms with E-state index in [2.05, 4.69) is 4.98 Å². The summed E-state index contributed by atoms with van der Waals surface area (Å²) in [5.41, 5.74) is -1.27. The number of cyclic esters (lactones) is 1. The number of ether oxygens (including phenoxy) is 1. The Balaban J connectivity index is 1.82. The second-order valence-electron chi connectivity index (χ2n) is 6.63. The molecule has 0 spiro atoms. The van der Waals surface area contributed by atoms with E-state index in [1.54, 1.807) is 6.92 Å². The molecule has 1 aromatic heterocycles. The summed E-state index contributed by atoms with van der Waals surface area (Å²) >= 11 is 0. The normalized spacial score (nSPS) is 20.6. The fraction of sp³-hybridized carbons (Fsp3) is 0.389. The average Bonchev–Trinajstić information content (AvgIpc) is 3.09. The van der Waals surface area contributed by atoms with Crippen LogP contribution in [0.4, 0.5) is 31.1 Å². The van der Waals surface area contributed by atoms with Gasteiger partial charge in [0.2, 0.25) is 0 Å². The third-order valence-corrected chi connectivity index (χ3v) is 4.63. The molecule has 28 heavy (non-hydrogen) atoms. The monoisotopic (exact) mass is 406 g/mol. The molecule has 1 N–H and O–H groups in total. The number of nitrogens with zero attached hydrogens (tertiary/aromatic N) is 1. The Hall–Kier alpha value is -2.65. The maximum atomic E-state index is 13.2. The molecule has 1 aromatic carbocycles. The number of aromatic amines is 1. The zero-order valence-corrected chi connectivity index (χ0v) is 14.8. The number of H-pyrrole nitrogens is 1. The highest BCUT2D eigenvalue weighted by Crippen LogP contribution is 2.38. The summed E-state index contributed by atoms with van der Waals surface area (Å²) in [4.78, 5) is 15.9. The molecule has 0 radical (unpaired) electrons. The number of nitrogens with one attached hydrogen (secondary N) is 1. The van der Waals surface area contributed by atoms with Gasteiger partial charge in [-0.15, -0.1) is 0 Å². The third-order valence-electron chi connectivity index (χ3n) is 4.63. The van der Waals surface area contributed by atoms with Crippen LogP contribution in [-0.2, 0) is 23.6 Å². The first-order valence-corrected chi connectivity index (χ1v) is 8.28. The lowest BCUT2D eigenvalue weighted by molar-refractivity contribution is -0.138. The molecule has 4 nitrogen and oxygen atoms in total. The van der Waals surface area contributed by atoms with Gasteiger partial charge >= 0.3 is 18.4 Å². The number of benzene rings is 1. The van der Waals surface area contributed by atoms with Gasteiger partial charge in [-0.05, 0) is 37.6 Å². The summed E-state index contributed by atoms with van der Waals surface area (Å²) in [6, 6.07) is 4.41. The van der Waals surface area contributed by atoms with Gasteiger partial charge in [0.15, 0.2) is 0 Å². The highest BCUT2D eigenvalue weighted by Gasteiger charge is 2.42. The molecule has 2 heterocycles. The molecule has 0 saturated carbocycles. The Morgan fingerprint density at radius 1 is 1.07 bits per heavy atom. The molecule has 1 saturated heterocycles. The quantitative estimate of drug-likeness (QED) is 0.690. The zero-order valence-electron chi connectivity index (χ0n) is 14.8. The Kier molecular flexibility index (Phi) is 4.84. The maximum Gasteiger partial charge on any atom is 0.418 e. The van der Waals surface area contributed by atoms with Gasteiger partial charge in [0.25, 0.3) is 0 Å². The van der Waals surface area contributed by atoms with Crippen LogP contribution in [-0.4, -0.2) is 22.0 Å². The number of aryl methyl sites for hydroxylation is 1. The van der Waals surface area contributed by atoms with Gasteiger partial charge < -0.3 is 9.72 Å². The fourth-order valence-corrected chi connectivity index (χ4v) is 3.21. The topological polar surface area (TPSA) is 45.3 Å². The Morgan fingerprint density at radius 2 is 1.68 bits per heavy atom. The van der Waals surface area contributed by atoms with E-state index in [1.165, 1.54) is 19.1 Å². The molecule has 1 aliphatic rings. The van der Waals surface area contributed by atoms with Crippen molar-refractivity contribution in [3.05, 3.63) is 58.4 Å². The molecule has 1 aliphatic heterocycles. The van der Waals surface area contributed by atoms with Crippen molar-refractivity contribution in [2.24, 2.45) is 0 Å². The van der Waals surface area contributed by atoms with Gasteiger partial charge in [0, 0.05) is 11.4 Å². The summed E-state index contributed by atoms with van der Waals surface area (Å²) in [5, 5.41) is 0. The molecule has 1 fully saturated rings. The van der Waals surface area contributed by atoms with Crippen LogP contribution in [0, 0.1) is 6.92 Å². The van der Waals surface area contributed by atoms with Crippen LogP contribution >= 0.6 is 0 Å². The van der Waals surface area contributed by atoms with E-state index >= 15 is 0 Å². The number of carbonyl (C=O) groups is 1. The highest BCUT2D eigenvalue weighted by atomic mass is 19.4. The Labute approximate surface area is 156 Å². The summed E-state index contributed by atoms with van der Waals surface area (Å²) in [6.45, 7) is 2.67. The van der Waals surface area contributed by atoms with Crippen molar-refractivity contribution >= 4 is 6.09 Å². The molecule has 0 unspecified atom stereocenters. The summed E-state index contributed by atoms with van der Waals surface area (Å²) in [5.74, 6) is 0. The van der Waals surface area contributed by atoms with Crippen molar-refractivity contribution in [1.29, 1.82) is 0 Å². The Bertz CT molecular complexity index is 870. The van der Waals surface area contributed by atoms with Crippen LogP contribution in [0.3, 0.4) is 0 Å². The number of rotatable bonds is 3. The van der Waals surface area contributed by atoms with Gasteiger partial charge in [0.05, 0.1) is 23.7 Å². The maximum absolute atomic E-state index is 13.2. The molecule has 2 atom stereocenters. The van der Waals surface area contributed by atoms with E-state index in [0.29, 0.717) is 11.3 Å². The fourth-order valence-electron chi connectivity index (χ4n) is 3.21. The van der Waals surface area contributed by atoms with E-state index in [0.717, 1.165) is 23.1 Å². The molecular weight excluding hydrogens is 390 g/mol. The summed E-state index contributed by atoms with van der Waals surface area (Å²) in [7, 11) is 0. The largest absolute Gasteiger partial charge is 0.439 e. The Morgan fingerprint density at radius 3 is 2.21 bits per heavy atom. The van der Waals surface area contributed by atoms with Gasteiger partial charge in [0.1, 0.15) is 6.10 Å². The number of carbonyl (C=O) groups excluding carboxylic acids is 1. The summed E-state index contributed by atoms with van der Waals surface area (Å²) in [6.07, 6.45) is -10.8. The number of alkyl halides is 6. The first kappa shape index (κ1) is 20.1. The van der Waals surface area contributed by atoms with E-state index in [9.17, 15) is 31.1 Å². The van der Waals surface area contributed by atoms with E-state index in [1.807, 2.05) is 0 Å². The summed E-state index contributed by atoms with van der Waals surface area (Å²) < 4.78 is 82.8. The highest BCUT2D eigenvalue weighted by molar-refractivity contribution is 5.71. The SMILES string of the molecule is Cc1cc(C(F)(F)F)c(CN2C(=O)O[C@H](c3ccc(C(F)(F)F)cc3)[C@@H]2C)[nH]1. The molecular formula is C18H16F6N2O2. The lowest BCUT2D eigenvalue weighted by Gasteiger charge is -2.21. The minimum atomic E-state index is -4.58. The van der Waals surface area contributed by atoms with Crippen LogP contribution in [0.25, 0.3) is 0 Å². The number of amides is 1. The molecule has 152 valence electrons. The molecule has 10 heteroatoms. The standard InChI is InChI=1S/C18H16F6N2O2/c1-9-7-13(18(22,23)24)14(25-9)8-26-10(2)15(28-16(26)27)11-3-5-12(6-4-11)17(19,20)21/h3-7,10,15,25H,8H2,1-2H3/t10-,15-/m0/s1. The molecule has 1 amide bonds. The van der Waals surface area contributed by atoms with Crippen molar-refractivity contribution in [2.75, 3.05) is 0 Å². The molecule has 3 rings (SSSR count). The van der Waals surface area contributed by atoms with Crippen LogP contribution in [0.2, 0.25) is 0 Å². The van der Waals surface area contributed by atoms with E-state index in [-0.39, 0.29) is 12.2 Å². The van der Waals surface area contributed by atoms with Crippen LogP contribution in [0.1, 0.15) is 41.1 Å². The lowest BCUT2D eigenvalue weighted by atomic mass is 10.0. The minimum Gasteiger partial charge on any atom is -0.439 e.